The lowest BCUT2D eigenvalue weighted by Gasteiger charge is -2.29. The molecule has 1 aromatic rings. The zero-order valence-electron chi connectivity index (χ0n) is 12.7. The van der Waals surface area contributed by atoms with Crippen LogP contribution in [-0.4, -0.2) is 49.1 Å². The summed E-state index contributed by atoms with van der Waals surface area (Å²) in [6, 6.07) is 8.35. The van der Waals surface area contributed by atoms with Crippen LogP contribution in [0.1, 0.15) is 18.4 Å². The molecule has 0 radical (unpaired) electrons. The number of carbonyl (C=O) groups is 1. The molecule has 6 heteroatoms. The number of halogens is 1. The second-order valence-corrected chi connectivity index (χ2v) is 5.97. The number of benzene rings is 1. The fraction of sp³-hybridized carbons (Fsp3) is 0.562. The summed E-state index contributed by atoms with van der Waals surface area (Å²) in [6.45, 7) is 2.87. The molecule has 3 N–H and O–H groups in total. The molecule has 1 fully saturated rings. The maximum Gasteiger partial charge on any atom is 0.234 e. The number of rotatable bonds is 4. The number of fused-ring (bicyclic) bond motifs is 1. The van der Waals surface area contributed by atoms with E-state index < -0.39 is 0 Å². The van der Waals surface area contributed by atoms with E-state index in [1.807, 2.05) is 18.2 Å². The lowest BCUT2D eigenvalue weighted by atomic mass is 10.1. The number of piperidine rings is 1. The van der Waals surface area contributed by atoms with Crippen LogP contribution in [0, 0.1) is 0 Å². The van der Waals surface area contributed by atoms with Crippen LogP contribution in [0.5, 0.6) is 5.75 Å². The molecule has 22 heavy (non-hydrogen) atoms. The first kappa shape index (κ1) is 17.1. The average Bonchev–Trinajstić information content (AvgIpc) is 2.90. The van der Waals surface area contributed by atoms with Crippen molar-refractivity contribution in [2.24, 2.45) is 5.73 Å². The number of hydrogen-bond acceptors (Lipinski definition) is 4. The molecule has 0 aliphatic carbocycles. The Morgan fingerprint density at radius 1 is 1.32 bits per heavy atom. The lowest BCUT2D eigenvalue weighted by Crippen LogP contribution is -2.46. The van der Waals surface area contributed by atoms with Crippen LogP contribution in [-0.2, 0) is 11.2 Å². The van der Waals surface area contributed by atoms with Crippen molar-refractivity contribution in [3.8, 4) is 5.75 Å². The number of nitrogens with zero attached hydrogens (tertiary/aromatic N) is 1. The fourth-order valence-electron chi connectivity index (χ4n) is 2.97. The molecule has 0 spiro atoms. The largest absolute Gasteiger partial charge is 0.488 e. The zero-order chi connectivity index (χ0) is 14.7. The molecule has 1 saturated heterocycles. The van der Waals surface area contributed by atoms with E-state index in [4.69, 9.17) is 10.5 Å². The first-order valence-corrected chi connectivity index (χ1v) is 7.70. The van der Waals surface area contributed by atoms with E-state index in [-0.39, 0.29) is 24.4 Å². The van der Waals surface area contributed by atoms with Gasteiger partial charge in [0.25, 0.3) is 0 Å². The third-order valence-electron chi connectivity index (χ3n) is 4.24. The maximum absolute atomic E-state index is 12.0. The second-order valence-electron chi connectivity index (χ2n) is 5.97. The van der Waals surface area contributed by atoms with Crippen LogP contribution in [0.4, 0.5) is 0 Å². The van der Waals surface area contributed by atoms with Gasteiger partial charge in [-0.2, -0.15) is 0 Å². The van der Waals surface area contributed by atoms with Gasteiger partial charge in [0.1, 0.15) is 11.9 Å². The van der Waals surface area contributed by atoms with Crippen molar-refractivity contribution in [1.29, 1.82) is 0 Å². The van der Waals surface area contributed by atoms with Crippen molar-refractivity contribution in [2.45, 2.75) is 31.4 Å². The van der Waals surface area contributed by atoms with E-state index in [0.717, 1.165) is 38.1 Å². The summed E-state index contributed by atoms with van der Waals surface area (Å²) in [4.78, 5) is 14.2. The molecular weight excluding hydrogens is 302 g/mol. The van der Waals surface area contributed by atoms with E-state index in [2.05, 4.69) is 16.3 Å². The number of amides is 1. The molecule has 1 amide bonds. The summed E-state index contributed by atoms with van der Waals surface area (Å²) < 4.78 is 5.82. The second kappa shape index (κ2) is 7.81. The first-order valence-electron chi connectivity index (χ1n) is 7.70. The normalized spacial score (nSPS) is 21.6. The monoisotopic (exact) mass is 325 g/mol. The minimum atomic E-state index is 0. The Hall–Kier alpha value is -1.30. The van der Waals surface area contributed by atoms with Crippen LogP contribution >= 0.6 is 12.4 Å². The van der Waals surface area contributed by atoms with Gasteiger partial charge in [-0.3, -0.25) is 9.69 Å². The van der Waals surface area contributed by atoms with E-state index in [1.54, 1.807) is 0 Å². The molecule has 2 heterocycles. The van der Waals surface area contributed by atoms with E-state index in [1.165, 1.54) is 5.56 Å². The Morgan fingerprint density at radius 2 is 2.05 bits per heavy atom. The zero-order valence-corrected chi connectivity index (χ0v) is 13.5. The Kier molecular flexibility index (Phi) is 6.06. The fourth-order valence-corrected chi connectivity index (χ4v) is 2.97. The number of ether oxygens (including phenoxy) is 1. The van der Waals surface area contributed by atoms with Crippen LogP contribution in [0.3, 0.4) is 0 Å². The van der Waals surface area contributed by atoms with Crippen molar-refractivity contribution >= 4 is 18.3 Å². The van der Waals surface area contributed by atoms with E-state index in [9.17, 15) is 4.79 Å². The van der Waals surface area contributed by atoms with Gasteiger partial charge in [-0.05, 0) is 24.5 Å². The van der Waals surface area contributed by atoms with Crippen LogP contribution in [0.15, 0.2) is 24.3 Å². The molecule has 3 rings (SSSR count). The Labute approximate surface area is 137 Å². The summed E-state index contributed by atoms with van der Waals surface area (Å²) >= 11 is 0. The minimum absolute atomic E-state index is 0. The molecule has 1 aromatic carbocycles. The topological polar surface area (TPSA) is 67.6 Å². The molecular formula is C16H24ClN3O2. The molecule has 2 aliphatic heterocycles. The summed E-state index contributed by atoms with van der Waals surface area (Å²) in [5, 5.41) is 2.98. The first-order chi connectivity index (χ1) is 10.2. The van der Waals surface area contributed by atoms with Gasteiger partial charge in [-0.1, -0.05) is 18.2 Å². The Balaban J connectivity index is 0.00000176. The van der Waals surface area contributed by atoms with Crippen molar-refractivity contribution in [1.82, 2.24) is 10.2 Å². The van der Waals surface area contributed by atoms with Gasteiger partial charge in [-0.25, -0.2) is 0 Å². The maximum atomic E-state index is 12.0. The quantitative estimate of drug-likeness (QED) is 0.865. The molecule has 1 unspecified atom stereocenters. The highest BCUT2D eigenvalue weighted by atomic mass is 35.5. The number of para-hydroxylation sites is 1. The lowest BCUT2D eigenvalue weighted by molar-refractivity contribution is -0.122. The van der Waals surface area contributed by atoms with Gasteiger partial charge in [0.15, 0.2) is 0 Å². The van der Waals surface area contributed by atoms with Gasteiger partial charge in [0, 0.05) is 25.6 Å². The summed E-state index contributed by atoms with van der Waals surface area (Å²) in [6.07, 6.45) is 2.89. The van der Waals surface area contributed by atoms with Gasteiger partial charge in [-0.15, -0.1) is 12.4 Å². The number of nitrogens with one attached hydrogen (secondary N) is 1. The molecule has 2 aliphatic rings. The third kappa shape index (κ3) is 4.35. The third-order valence-corrected chi connectivity index (χ3v) is 4.24. The van der Waals surface area contributed by atoms with Crippen LogP contribution < -0.4 is 15.8 Å². The predicted octanol–water partition coefficient (Wildman–Crippen LogP) is 0.951. The van der Waals surface area contributed by atoms with Crippen LogP contribution in [0.2, 0.25) is 0 Å². The van der Waals surface area contributed by atoms with Gasteiger partial charge < -0.3 is 15.8 Å². The molecule has 0 saturated carbocycles. The highest BCUT2D eigenvalue weighted by molar-refractivity contribution is 5.85. The molecule has 5 nitrogen and oxygen atoms in total. The molecule has 0 bridgehead atoms. The Bertz CT molecular complexity index is 479. The number of hydrogen-bond donors (Lipinski definition) is 2. The van der Waals surface area contributed by atoms with E-state index in [0.29, 0.717) is 19.1 Å². The highest BCUT2D eigenvalue weighted by Gasteiger charge is 2.23. The molecule has 1 atom stereocenters. The summed E-state index contributed by atoms with van der Waals surface area (Å²) in [5.74, 6) is 1.02. The minimum Gasteiger partial charge on any atom is -0.488 e. The number of carbonyl (C=O) groups excluding carboxylic acids is 1. The van der Waals surface area contributed by atoms with Crippen molar-refractivity contribution in [3.63, 3.8) is 0 Å². The smallest absolute Gasteiger partial charge is 0.234 e. The van der Waals surface area contributed by atoms with Gasteiger partial charge >= 0.3 is 0 Å². The van der Waals surface area contributed by atoms with Gasteiger partial charge in [0.2, 0.25) is 5.91 Å². The van der Waals surface area contributed by atoms with Crippen molar-refractivity contribution < 1.29 is 9.53 Å². The van der Waals surface area contributed by atoms with Crippen molar-refractivity contribution in [3.05, 3.63) is 29.8 Å². The predicted molar refractivity (Wildman–Crippen MR) is 88.5 cm³/mol. The van der Waals surface area contributed by atoms with Crippen LogP contribution in [0.25, 0.3) is 0 Å². The average molecular weight is 326 g/mol. The highest BCUT2D eigenvalue weighted by Crippen LogP contribution is 2.27. The van der Waals surface area contributed by atoms with Gasteiger partial charge in [0.05, 0.1) is 13.1 Å². The standard InChI is InChI=1S/C16H23N3O2.ClH/c17-13-5-7-19(8-6-13)11-16(20)18-10-14-9-12-3-1-2-4-15(12)21-14;/h1-4,13-14H,5-11,17H2,(H,18,20);1H. The Morgan fingerprint density at radius 3 is 2.77 bits per heavy atom. The summed E-state index contributed by atoms with van der Waals surface area (Å²) in [5.41, 5.74) is 7.09. The molecule has 122 valence electrons. The number of nitrogens with two attached hydrogens (primary N) is 1. The molecule has 0 aromatic heterocycles. The van der Waals surface area contributed by atoms with Crippen molar-refractivity contribution in [2.75, 3.05) is 26.2 Å². The number of likely N-dealkylation sites (tertiary alicyclic amines) is 1. The SMILES string of the molecule is Cl.NC1CCN(CC(=O)NCC2Cc3ccccc3O2)CC1. The summed E-state index contributed by atoms with van der Waals surface area (Å²) in [7, 11) is 0. The van der Waals surface area contributed by atoms with E-state index >= 15 is 0 Å².